The van der Waals surface area contributed by atoms with Crippen LogP contribution < -0.4 is 4.74 Å². The number of benzene rings is 2. The minimum atomic E-state index is -1.04. The predicted molar refractivity (Wildman–Crippen MR) is 82.5 cm³/mol. The number of carbonyl (C=O) groups is 1. The molecule has 0 bridgehead atoms. The van der Waals surface area contributed by atoms with Crippen molar-refractivity contribution in [2.75, 3.05) is 0 Å². The highest BCUT2D eigenvalue weighted by atomic mass is 16.5. The zero-order valence-electron chi connectivity index (χ0n) is 12.0. The van der Waals surface area contributed by atoms with Crippen molar-refractivity contribution in [1.82, 2.24) is 0 Å². The molecule has 0 radical (unpaired) electrons. The van der Waals surface area contributed by atoms with E-state index < -0.39 is 5.97 Å². The van der Waals surface area contributed by atoms with Crippen molar-refractivity contribution in [3.05, 3.63) is 53.6 Å². The maximum Gasteiger partial charge on any atom is 0.339 e. The fourth-order valence-corrected chi connectivity index (χ4v) is 1.86. The first-order valence-electron chi connectivity index (χ1n) is 6.63. The number of hydrogen-bond acceptors (Lipinski definition) is 2. The van der Waals surface area contributed by atoms with Gasteiger partial charge in [-0.1, -0.05) is 30.2 Å². The summed E-state index contributed by atoms with van der Waals surface area (Å²) < 4.78 is 5.41. The van der Waals surface area contributed by atoms with Crippen LogP contribution in [0.25, 0.3) is 11.1 Å². The van der Waals surface area contributed by atoms with E-state index in [4.69, 9.17) is 16.3 Å². The van der Waals surface area contributed by atoms with Gasteiger partial charge < -0.3 is 9.84 Å². The molecule has 0 spiro atoms. The molecule has 3 nitrogen and oxygen atoms in total. The predicted octanol–water partition coefficient (Wildman–Crippen LogP) is 3.82. The van der Waals surface area contributed by atoms with Crippen molar-refractivity contribution in [3.8, 4) is 29.2 Å². The molecule has 1 aromatic rings. The summed E-state index contributed by atoms with van der Waals surface area (Å²) in [6, 6.07) is 13.2. The van der Waals surface area contributed by atoms with Gasteiger partial charge in [-0.2, -0.15) is 0 Å². The van der Waals surface area contributed by atoms with E-state index in [1.807, 2.05) is 13.8 Å². The van der Waals surface area contributed by atoms with Crippen LogP contribution in [0.1, 0.15) is 29.8 Å². The van der Waals surface area contributed by atoms with E-state index in [1.165, 1.54) is 17.2 Å². The molecule has 21 heavy (non-hydrogen) atoms. The van der Waals surface area contributed by atoms with E-state index in [2.05, 4.69) is 30.2 Å². The van der Waals surface area contributed by atoms with Gasteiger partial charge in [-0.05, 0) is 43.2 Å². The van der Waals surface area contributed by atoms with Gasteiger partial charge in [-0.15, -0.1) is 6.42 Å². The minimum Gasteiger partial charge on any atom is -0.489 e. The second-order valence-electron chi connectivity index (χ2n) is 4.88. The molecular weight excluding hydrogens is 264 g/mol. The summed E-state index contributed by atoms with van der Waals surface area (Å²) in [5.74, 6) is 1.63. The summed E-state index contributed by atoms with van der Waals surface area (Å²) in [6.45, 7) is 3.64. The fraction of sp³-hybridized carbons (Fsp3) is 0.167. The lowest BCUT2D eigenvalue weighted by Crippen LogP contribution is -2.11. The summed E-state index contributed by atoms with van der Waals surface area (Å²) in [7, 11) is 0. The Hall–Kier alpha value is -2.73. The number of terminal acetylenes is 1. The zero-order chi connectivity index (χ0) is 15.4. The van der Waals surface area contributed by atoms with Gasteiger partial charge in [0.15, 0.2) is 0 Å². The Kier molecular flexibility index (Phi) is 4.30. The van der Waals surface area contributed by atoms with Gasteiger partial charge >= 0.3 is 5.97 Å². The highest BCUT2D eigenvalue weighted by Gasteiger charge is 2.15. The van der Waals surface area contributed by atoms with Crippen LogP contribution in [0.4, 0.5) is 0 Å². The first-order valence-corrected chi connectivity index (χ1v) is 6.63. The van der Waals surface area contributed by atoms with E-state index in [9.17, 15) is 4.79 Å². The molecule has 2 aliphatic carbocycles. The molecule has 1 aromatic carbocycles. The van der Waals surface area contributed by atoms with Crippen LogP contribution in [0.5, 0.6) is 5.75 Å². The molecule has 3 heteroatoms. The average Bonchev–Trinajstić information content (AvgIpc) is 3.05. The van der Waals surface area contributed by atoms with Crippen LogP contribution in [0.2, 0.25) is 0 Å². The van der Waals surface area contributed by atoms with Crippen LogP contribution in [0.3, 0.4) is 0 Å². The Morgan fingerprint density at radius 1 is 1.19 bits per heavy atom. The molecular formula is C18H16O3. The summed E-state index contributed by atoms with van der Waals surface area (Å²) in [5, 5.41) is 8.95. The lowest BCUT2D eigenvalue weighted by atomic mass is 10.1. The third-order valence-corrected chi connectivity index (χ3v) is 2.87. The average molecular weight is 280 g/mol. The fourth-order valence-electron chi connectivity index (χ4n) is 1.86. The third-order valence-electron chi connectivity index (χ3n) is 2.87. The van der Waals surface area contributed by atoms with E-state index in [-0.39, 0.29) is 17.4 Å². The van der Waals surface area contributed by atoms with Gasteiger partial charge in [-0.3, -0.25) is 0 Å². The number of carboxylic acid groups (broad SMARTS) is 1. The molecule has 0 amide bonds. The molecule has 0 aliphatic heterocycles. The van der Waals surface area contributed by atoms with Crippen LogP contribution in [-0.2, 0) is 0 Å². The third kappa shape index (κ3) is 3.64. The number of rotatable bonds is 3. The molecule has 0 unspecified atom stereocenters. The van der Waals surface area contributed by atoms with Gasteiger partial charge in [-0.25, -0.2) is 4.79 Å². The Balaban J connectivity index is 0.000000218. The van der Waals surface area contributed by atoms with Crippen molar-refractivity contribution >= 4 is 5.97 Å². The number of hydrogen-bond donors (Lipinski definition) is 1. The van der Waals surface area contributed by atoms with Crippen LogP contribution in [-0.4, -0.2) is 17.2 Å². The van der Waals surface area contributed by atoms with Gasteiger partial charge in [0.25, 0.3) is 0 Å². The zero-order valence-corrected chi connectivity index (χ0v) is 12.0. The van der Waals surface area contributed by atoms with E-state index >= 15 is 0 Å². The number of aromatic carboxylic acids is 1. The summed E-state index contributed by atoms with van der Waals surface area (Å²) in [6.07, 6.45) is 5.16. The molecule has 0 saturated carbocycles. The first-order chi connectivity index (χ1) is 10.0. The van der Waals surface area contributed by atoms with Crippen molar-refractivity contribution in [3.63, 3.8) is 0 Å². The molecule has 3 rings (SSSR count). The summed E-state index contributed by atoms with van der Waals surface area (Å²) in [4.78, 5) is 10.9. The van der Waals surface area contributed by atoms with Gasteiger partial charge in [0.1, 0.15) is 11.3 Å². The molecule has 2 aliphatic rings. The summed E-state index contributed by atoms with van der Waals surface area (Å²) >= 11 is 0. The number of para-hydroxylation sites is 1. The maximum atomic E-state index is 10.9. The lowest BCUT2D eigenvalue weighted by Gasteiger charge is -2.13. The second kappa shape index (κ2) is 6.15. The van der Waals surface area contributed by atoms with E-state index in [1.54, 1.807) is 12.1 Å². The highest BCUT2D eigenvalue weighted by Crippen LogP contribution is 2.32. The van der Waals surface area contributed by atoms with Crippen molar-refractivity contribution < 1.29 is 14.6 Å². The molecule has 0 atom stereocenters. The van der Waals surface area contributed by atoms with Gasteiger partial charge in [0.2, 0.25) is 0 Å². The van der Waals surface area contributed by atoms with Crippen LogP contribution >= 0.6 is 0 Å². The van der Waals surface area contributed by atoms with Crippen molar-refractivity contribution in [2.24, 2.45) is 0 Å². The largest absolute Gasteiger partial charge is 0.489 e. The van der Waals surface area contributed by atoms with E-state index in [0.29, 0.717) is 5.56 Å². The molecule has 0 fully saturated rings. The van der Waals surface area contributed by atoms with Gasteiger partial charge in [0.05, 0.1) is 11.7 Å². The number of fused-ring (bicyclic) bond motifs is 1. The Morgan fingerprint density at radius 3 is 2.19 bits per heavy atom. The second-order valence-corrected chi connectivity index (χ2v) is 4.88. The Bertz CT molecular complexity index is 691. The molecule has 1 N–H and O–H groups in total. The lowest BCUT2D eigenvalue weighted by molar-refractivity contribution is 0.0690. The molecule has 0 saturated heterocycles. The smallest absolute Gasteiger partial charge is 0.339 e. The SMILES string of the molecule is C#Cc1cccc(C(=O)O)c1OC(C)C.c1cc2cc-2c1. The van der Waals surface area contributed by atoms with Crippen LogP contribution in [0, 0.1) is 12.3 Å². The van der Waals surface area contributed by atoms with Gasteiger partial charge in [0, 0.05) is 0 Å². The maximum absolute atomic E-state index is 10.9. The quantitative estimate of drug-likeness (QED) is 0.742. The number of ether oxygens (including phenoxy) is 1. The first kappa shape index (κ1) is 14.7. The molecule has 106 valence electrons. The topological polar surface area (TPSA) is 46.5 Å². The van der Waals surface area contributed by atoms with E-state index in [0.717, 1.165) is 0 Å². The standard InChI is InChI=1S/C12H12O3.C6H4/c1-4-9-6-5-7-10(12(13)14)11(9)15-8(2)3;1-2-5-4-6(5)3-1/h1,5-8H,2-3H3,(H,13,14);1-4H. The Labute approximate surface area is 124 Å². The van der Waals surface area contributed by atoms with Crippen molar-refractivity contribution in [2.45, 2.75) is 20.0 Å². The monoisotopic (exact) mass is 280 g/mol. The highest BCUT2D eigenvalue weighted by molar-refractivity contribution is 5.92. The molecule has 0 aromatic heterocycles. The van der Waals surface area contributed by atoms with Crippen molar-refractivity contribution in [1.29, 1.82) is 0 Å². The normalized spacial score (nSPS) is 10.2. The minimum absolute atomic E-state index is 0.0964. The van der Waals surface area contributed by atoms with Crippen LogP contribution in [0.15, 0.2) is 42.5 Å². The summed E-state index contributed by atoms with van der Waals surface area (Å²) in [5.41, 5.74) is 3.41. The Morgan fingerprint density at radius 2 is 1.81 bits per heavy atom. The molecule has 0 heterocycles. The number of carboxylic acids is 1.